The Hall–Kier alpha value is -1.67. The Labute approximate surface area is 122 Å². The van der Waals surface area contributed by atoms with Gasteiger partial charge in [0.15, 0.2) is 0 Å². The van der Waals surface area contributed by atoms with Gasteiger partial charge in [0.25, 0.3) is 0 Å². The third kappa shape index (κ3) is 5.68. The van der Waals surface area contributed by atoms with E-state index in [0.717, 1.165) is 19.3 Å². The third-order valence-electron chi connectivity index (χ3n) is 3.79. The zero-order valence-electron chi connectivity index (χ0n) is 12.1. The summed E-state index contributed by atoms with van der Waals surface area (Å²) in [5, 5.41) is 26.8. The van der Waals surface area contributed by atoms with Gasteiger partial charge in [0.2, 0.25) is 0 Å². The van der Waals surface area contributed by atoms with E-state index in [1.54, 1.807) is 11.9 Å². The first kappa shape index (κ1) is 17.4. The highest BCUT2D eigenvalue weighted by atomic mass is 16.4. The van der Waals surface area contributed by atoms with Gasteiger partial charge >= 0.3 is 17.9 Å². The van der Waals surface area contributed by atoms with Crippen molar-refractivity contribution in [2.45, 2.75) is 37.8 Å². The Morgan fingerprint density at radius 3 is 1.71 bits per heavy atom. The van der Waals surface area contributed by atoms with Gasteiger partial charge in [-0.25, -0.2) is 0 Å². The van der Waals surface area contributed by atoms with E-state index in [4.69, 9.17) is 15.3 Å². The average Bonchev–Trinajstić information content (AvgIpc) is 2.36. The molecule has 1 aliphatic carbocycles. The Morgan fingerprint density at radius 2 is 1.29 bits per heavy atom. The lowest BCUT2D eigenvalue weighted by atomic mass is 9.88. The van der Waals surface area contributed by atoms with Gasteiger partial charge in [0.1, 0.15) is 0 Å². The second-order valence-electron chi connectivity index (χ2n) is 5.42. The van der Waals surface area contributed by atoms with Crippen LogP contribution in [0.3, 0.4) is 0 Å². The van der Waals surface area contributed by atoms with Crippen LogP contribution in [0, 0.1) is 0 Å². The molecular formula is C13H22N2O6. The molecule has 1 rings (SSSR count). The quantitative estimate of drug-likeness (QED) is 0.563. The van der Waals surface area contributed by atoms with Crippen molar-refractivity contribution in [2.24, 2.45) is 0 Å². The molecule has 1 fully saturated rings. The van der Waals surface area contributed by atoms with E-state index < -0.39 is 17.9 Å². The summed E-state index contributed by atoms with van der Waals surface area (Å²) in [4.78, 5) is 35.8. The van der Waals surface area contributed by atoms with E-state index in [-0.39, 0.29) is 31.7 Å². The van der Waals surface area contributed by atoms with Crippen molar-refractivity contribution >= 4 is 17.9 Å². The minimum Gasteiger partial charge on any atom is -0.480 e. The first-order valence-corrected chi connectivity index (χ1v) is 6.91. The molecule has 0 spiro atoms. The average molecular weight is 302 g/mol. The molecular weight excluding hydrogens is 280 g/mol. The predicted octanol–water partition coefficient (Wildman–Crippen LogP) is -0.215. The molecule has 0 radical (unpaired) electrons. The molecule has 0 saturated heterocycles. The van der Waals surface area contributed by atoms with Gasteiger partial charge in [-0.3, -0.25) is 24.2 Å². The molecule has 0 aliphatic heterocycles. The smallest absolute Gasteiger partial charge is 0.317 e. The summed E-state index contributed by atoms with van der Waals surface area (Å²) < 4.78 is 0. The second-order valence-corrected chi connectivity index (χ2v) is 5.42. The van der Waals surface area contributed by atoms with Gasteiger partial charge in [-0.2, -0.15) is 0 Å². The molecule has 0 unspecified atom stereocenters. The van der Waals surface area contributed by atoms with E-state index in [0.29, 0.717) is 6.42 Å². The summed E-state index contributed by atoms with van der Waals surface area (Å²) >= 11 is 0. The molecule has 1 aliphatic rings. The molecule has 0 aromatic rings. The number of likely N-dealkylation sites (N-methyl/N-ethyl adjacent to an activating group) is 1. The van der Waals surface area contributed by atoms with E-state index in [9.17, 15) is 14.4 Å². The fourth-order valence-electron chi connectivity index (χ4n) is 3.00. The lowest BCUT2D eigenvalue weighted by Gasteiger charge is -2.42. The van der Waals surface area contributed by atoms with Crippen molar-refractivity contribution in [1.82, 2.24) is 9.80 Å². The summed E-state index contributed by atoms with van der Waals surface area (Å²) in [6, 6.07) is -0.399. The van der Waals surface area contributed by atoms with E-state index >= 15 is 0 Å². The van der Waals surface area contributed by atoms with Crippen molar-refractivity contribution in [3.63, 3.8) is 0 Å². The first-order chi connectivity index (χ1) is 9.81. The van der Waals surface area contributed by atoms with Gasteiger partial charge in [-0.05, 0) is 19.9 Å². The predicted molar refractivity (Wildman–Crippen MR) is 73.2 cm³/mol. The first-order valence-electron chi connectivity index (χ1n) is 6.91. The van der Waals surface area contributed by atoms with Gasteiger partial charge in [0, 0.05) is 12.1 Å². The summed E-state index contributed by atoms with van der Waals surface area (Å²) in [5.41, 5.74) is 0. The zero-order chi connectivity index (χ0) is 16.0. The van der Waals surface area contributed by atoms with Crippen molar-refractivity contribution in [3.8, 4) is 0 Å². The lowest BCUT2D eigenvalue weighted by molar-refractivity contribution is -0.145. The monoisotopic (exact) mass is 302 g/mol. The Balaban J connectivity index is 2.86. The molecule has 0 amide bonds. The zero-order valence-corrected chi connectivity index (χ0v) is 12.1. The van der Waals surface area contributed by atoms with Crippen LogP contribution in [0.1, 0.15) is 25.7 Å². The Bertz CT molecular complexity index is 384. The van der Waals surface area contributed by atoms with Crippen molar-refractivity contribution < 1.29 is 29.7 Å². The molecule has 3 N–H and O–H groups in total. The van der Waals surface area contributed by atoms with Crippen LogP contribution in [-0.2, 0) is 14.4 Å². The minimum atomic E-state index is -1.08. The normalized spacial score (nSPS) is 22.4. The molecule has 120 valence electrons. The van der Waals surface area contributed by atoms with E-state index in [1.165, 1.54) is 4.90 Å². The maximum absolute atomic E-state index is 10.9. The number of aliphatic carboxylic acids is 3. The van der Waals surface area contributed by atoms with Gasteiger partial charge in [-0.15, -0.1) is 0 Å². The van der Waals surface area contributed by atoms with Crippen molar-refractivity contribution in [3.05, 3.63) is 0 Å². The molecule has 2 atom stereocenters. The van der Waals surface area contributed by atoms with Crippen LogP contribution in [-0.4, -0.2) is 81.8 Å². The topological polar surface area (TPSA) is 118 Å². The summed E-state index contributed by atoms with van der Waals surface area (Å²) in [5.74, 6) is -3.12. The number of carboxylic acids is 3. The van der Waals surface area contributed by atoms with Crippen LogP contribution in [0.15, 0.2) is 0 Å². The SMILES string of the molecule is CN(CC(=O)O)[C@@H]1CCCC[C@H]1N(CC(=O)O)CC(=O)O. The number of rotatable bonds is 8. The maximum Gasteiger partial charge on any atom is 0.317 e. The van der Waals surface area contributed by atoms with Crippen LogP contribution in [0.4, 0.5) is 0 Å². The van der Waals surface area contributed by atoms with Crippen LogP contribution in [0.25, 0.3) is 0 Å². The van der Waals surface area contributed by atoms with Crippen molar-refractivity contribution in [1.29, 1.82) is 0 Å². The summed E-state index contributed by atoms with van der Waals surface area (Å²) in [7, 11) is 1.68. The molecule has 0 aromatic carbocycles. The summed E-state index contributed by atoms with van der Waals surface area (Å²) in [6.45, 7) is -0.849. The molecule has 8 nitrogen and oxygen atoms in total. The fraction of sp³-hybridized carbons (Fsp3) is 0.769. The van der Waals surface area contributed by atoms with Gasteiger partial charge < -0.3 is 15.3 Å². The van der Waals surface area contributed by atoms with Crippen molar-refractivity contribution in [2.75, 3.05) is 26.7 Å². The van der Waals surface area contributed by atoms with E-state index in [1.807, 2.05) is 0 Å². The molecule has 0 bridgehead atoms. The van der Waals surface area contributed by atoms with E-state index in [2.05, 4.69) is 0 Å². The van der Waals surface area contributed by atoms with Crippen LogP contribution < -0.4 is 0 Å². The molecule has 0 aromatic heterocycles. The largest absolute Gasteiger partial charge is 0.480 e. The molecule has 21 heavy (non-hydrogen) atoms. The molecule has 8 heteroatoms. The highest BCUT2D eigenvalue weighted by Gasteiger charge is 2.34. The van der Waals surface area contributed by atoms with Gasteiger partial charge in [0.05, 0.1) is 19.6 Å². The number of nitrogens with zero attached hydrogens (tertiary/aromatic N) is 2. The summed E-state index contributed by atoms with van der Waals surface area (Å²) in [6.07, 6.45) is 3.23. The number of hydrogen-bond donors (Lipinski definition) is 3. The standard InChI is InChI=1S/C13H22N2O6/c1-14(6-11(16)17)9-4-2-3-5-10(9)15(7-12(18)19)8-13(20)21/h9-10H,2-8H2,1H3,(H,16,17)(H,18,19)(H,20,21)/t9-,10-/m1/s1. The minimum absolute atomic E-state index is 0.144. The highest BCUT2D eigenvalue weighted by molar-refractivity contribution is 5.72. The number of carboxylic acid groups (broad SMARTS) is 3. The lowest BCUT2D eigenvalue weighted by Crippen LogP contribution is -2.55. The third-order valence-corrected chi connectivity index (χ3v) is 3.79. The molecule has 0 heterocycles. The Kier molecular flexibility index (Phi) is 6.57. The fourth-order valence-corrected chi connectivity index (χ4v) is 3.00. The van der Waals surface area contributed by atoms with Crippen LogP contribution in [0.2, 0.25) is 0 Å². The number of hydrogen-bond acceptors (Lipinski definition) is 5. The molecule has 1 saturated carbocycles. The highest BCUT2D eigenvalue weighted by Crippen LogP contribution is 2.26. The maximum atomic E-state index is 10.9. The van der Waals surface area contributed by atoms with Gasteiger partial charge in [-0.1, -0.05) is 12.8 Å². The van der Waals surface area contributed by atoms with Crippen LogP contribution in [0.5, 0.6) is 0 Å². The second kappa shape index (κ2) is 7.94. The van der Waals surface area contributed by atoms with Crippen LogP contribution >= 0.6 is 0 Å². The Morgan fingerprint density at radius 1 is 0.857 bits per heavy atom. The number of carbonyl (C=O) groups is 3.